The maximum Gasteiger partial charge on any atom is 0.401 e. The van der Waals surface area contributed by atoms with E-state index in [0.717, 1.165) is 0 Å². The monoisotopic (exact) mass is 310 g/mol. The predicted octanol–water partition coefficient (Wildman–Crippen LogP) is 2.63. The third kappa shape index (κ3) is 5.14. The summed E-state index contributed by atoms with van der Waals surface area (Å²) in [5.41, 5.74) is -1.11. The zero-order chi connectivity index (χ0) is 16.3. The van der Waals surface area contributed by atoms with E-state index in [1.54, 1.807) is 6.92 Å². The molecule has 21 heavy (non-hydrogen) atoms. The molecule has 1 fully saturated rings. The molecule has 0 bridgehead atoms. The van der Waals surface area contributed by atoms with E-state index in [4.69, 9.17) is 0 Å². The third-order valence-electron chi connectivity index (χ3n) is 4.00. The van der Waals surface area contributed by atoms with Gasteiger partial charge in [0.15, 0.2) is 0 Å². The Morgan fingerprint density at radius 1 is 1.48 bits per heavy atom. The molecule has 0 radical (unpaired) electrons. The first-order chi connectivity index (χ1) is 9.59. The lowest BCUT2D eigenvalue weighted by Crippen LogP contribution is -2.60. The molecule has 4 nitrogen and oxygen atoms in total. The van der Waals surface area contributed by atoms with Crippen molar-refractivity contribution in [3.05, 3.63) is 0 Å². The van der Waals surface area contributed by atoms with Crippen LogP contribution in [0.3, 0.4) is 0 Å². The standard InChI is InChI=1S/C14H25F3N2O2/c1-4-19(9-14(15,16)17)11-6-5-7-13(8-11,12(20)21)18-10(2)3/h10-11,18H,4-9H2,1-3H3,(H,20,21). The van der Waals surface area contributed by atoms with E-state index in [-0.39, 0.29) is 25.0 Å². The number of aliphatic carboxylic acids is 1. The minimum Gasteiger partial charge on any atom is -0.480 e. The van der Waals surface area contributed by atoms with Gasteiger partial charge >= 0.3 is 12.1 Å². The van der Waals surface area contributed by atoms with E-state index in [2.05, 4.69) is 5.32 Å². The fraction of sp³-hybridized carbons (Fsp3) is 0.929. The Bertz CT molecular complexity index is 361. The molecule has 0 aromatic rings. The molecular formula is C14H25F3N2O2. The van der Waals surface area contributed by atoms with Crippen LogP contribution in [-0.2, 0) is 4.79 Å². The van der Waals surface area contributed by atoms with E-state index in [9.17, 15) is 23.1 Å². The highest BCUT2D eigenvalue weighted by Gasteiger charge is 2.45. The van der Waals surface area contributed by atoms with Crippen LogP contribution < -0.4 is 5.32 Å². The number of hydrogen-bond donors (Lipinski definition) is 2. The summed E-state index contributed by atoms with van der Waals surface area (Å²) in [6.07, 6.45) is -2.36. The Hall–Kier alpha value is -0.820. The van der Waals surface area contributed by atoms with Crippen LogP contribution in [0.4, 0.5) is 13.2 Å². The molecule has 2 unspecified atom stereocenters. The average Bonchev–Trinajstić information content (AvgIpc) is 2.34. The molecule has 0 aromatic carbocycles. The molecule has 1 aliphatic carbocycles. The van der Waals surface area contributed by atoms with Crippen molar-refractivity contribution in [1.82, 2.24) is 10.2 Å². The molecular weight excluding hydrogens is 285 g/mol. The normalized spacial score (nSPS) is 27.3. The fourth-order valence-corrected chi connectivity index (χ4v) is 3.23. The van der Waals surface area contributed by atoms with Gasteiger partial charge in [-0.1, -0.05) is 6.92 Å². The maximum atomic E-state index is 12.6. The van der Waals surface area contributed by atoms with Gasteiger partial charge in [0.05, 0.1) is 6.54 Å². The Labute approximate surface area is 123 Å². The summed E-state index contributed by atoms with van der Waals surface area (Å²) >= 11 is 0. The molecule has 1 rings (SSSR count). The van der Waals surface area contributed by atoms with Crippen molar-refractivity contribution >= 4 is 5.97 Å². The van der Waals surface area contributed by atoms with Crippen LogP contribution in [-0.4, -0.2) is 52.9 Å². The summed E-state index contributed by atoms with van der Waals surface area (Å²) < 4.78 is 37.9. The highest BCUT2D eigenvalue weighted by atomic mass is 19.4. The minimum absolute atomic E-state index is 0.0301. The van der Waals surface area contributed by atoms with Gasteiger partial charge in [0.25, 0.3) is 0 Å². The van der Waals surface area contributed by atoms with Gasteiger partial charge in [0.1, 0.15) is 5.54 Å². The number of nitrogens with one attached hydrogen (secondary N) is 1. The van der Waals surface area contributed by atoms with Crippen molar-refractivity contribution in [1.29, 1.82) is 0 Å². The van der Waals surface area contributed by atoms with Crippen LogP contribution >= 0.6 is 0 Å². The quantitative estimate of drug-likeness (QED) is 0.792. The molecule has 0 heterocycles. The van der Waals surface area contributed by atoms with Crippen LogP contribution in [0, 0.1) is 0 Å². The fourth-order valence-electron chi connectivity index (χ4n) is 3.23. The molecule has 2 atom stereocenters. The molecule has 7 heteroatoms. The first-order valence-electron chi connectivity index (χ1n) is 7.41. The second-order valence-corrected chi connectivity index (χ2v) is 6.11. The zero-order valence-corrected chi connectivity index (χ0v) is 12.8. The number of halogens is 3. The summed E-state index contributed by atoms with van der Waals surface area (Å²) in [5.74, 6) is -0.969. The topological polar surface area (TPSA) is 52.6 Å². The molecule has 2 N–H and O–H groups in total. The van der Waals surface area contributed by atoms with Crippen molar-refractivity contribution in [3.8, 4) is 0 Å². The molecule has 0 spiro atoms. The number of nitrogens with zero attached hydrogens (tertiary/aromatic N) is 1. The van der Waals surface area contributed by atoms with Gasteiger partial charge in [-0.3, -0.25) is 15.0 Å². The summed E-state index contributed by atoms with van der Waals surface area (Å²) in [5, 5.41) is 12.6. The Morgan fingerprint density at radius 2 is 2.10 bits per heavy atom. The predicted molar refractivity (Wildman–Crippen MR) is 74.2 cm³/mol. The van der Waals surface area contributed by atoms with Crippen molar-refractivity contribution in [3.63, 3.8) is 0 Å². The van der Waals surface area contributed by atoms with Gasteiger partial charge in [-0.2, -0.15) is 13.2 Å². The largest absolute Gasteiger partial charge is 0.480 e. The lowest BCUT2D eigenvalue weighted by molar-refractivity contribution is -0.157. The lowest BCUT2D eigenvalue weighted by atomic mass is 9.78. The molecule has 124 valence electrons. The molecule has 1 saturated carbocycles. The second kappa shape index (κ2) is 6.96. The zero-order valence-electron chi connectivity index (χ0n) is 12.8. The highest BCUT2D eigenvalue weighted by molar-refractivity contribution is 5.79. The first-order valence-corrected chi connectivity index (χ1v) is 7.41. The summed E-state index contributed by atoms with van der Waals surface area (Å²) in [4.78, 5) is 13.0. The van der Waals surface area contributed by atoms with Crippen molar-refractivity contribution in [2.45, 2.75) is 70.3 Å². The van der Waals surface area contributed by atoms with Crippen molar-refractivity contribution in [2.24, 2.45) is 0 Å². The number of carboxylic acid groups (broad SMARTS) is 1. The van der Waals surface area contributed by atoms with Crippen molar-refractivity contribution in [2.75, 3.05) is 13.1 Å². The van der Waals surface area contributed by atoms with Gasteiger partial charge in [-0.15, -0.1) is 0 Å². The Morgan fingerprint density at radius 3 is 2.52 bits per heavy atom. The summed E-state index contributed by atoms with van der Waals surface area (Å²) in [6, 6.07) is -0.384. The number of hydrogen-bond acceptors (Lipinski definition) is 3. The van der Waals surface area contributed by atoms with E-state index >= 15 is 0 Å². The smallest absolute Gasteiger partial charge is 0.401 e. The van der Waals surface area contributed by atoms with E-state index in [1.807, 2.05) is 13.8 Å². The summed E-state index contributed by atoms with van der Waals surface area (Å²) in [6.45, 7) is 4.66. The van der Waals surface area contributed by atoms with Crippen molar-refractivity contribution < 1.29 is 23.1 Å². The minimum atomic E-state index is -4.26. The van der Waals surface area contributed by atoms with Crippen LogP contribution in [0.15, 0.2) is 0 Å². The van der Waals surface area contributed by atoms with Gasteiger partial charge in [0, 0.05) is 12.1 Å². The number of alkyl halides is 3. The number of rotatable bonds is 6. The number of carboxylic acids is 1. The SMILES string of the molecule is CCN(CC(F)(F)F)C1CCCC(NC(C)C)(C(=O)O)C1. The molecule has 0 aromatic heterocycles. The van der Waals surface area contributed by atoms with Gasteiger partial charge < -0.3 is 5.11 Å². The highest BCUT2D eigenvalue weighted by Crippen LogP contribution is 2.33. The van der Waals surface area contributed by atoms with Gasteiger partial charge in [0.2, 0.25) is 0 Å². The Balaban J connectivity index is 2.87. The summed E-state index contributed by atoms with van der Waals surface area (Å²) in [7, 11) is 0. The number of carbonyl (C=O) groups is 1. The molecule has 0 aliphatic heterocycles. The van der Waals surface area contributed by atoms with Gasteiger partial charge in [-0.05, 0) is 46.1 Å². The van der Waals surface area contributed by atoms with E-state index in [1.165, 1.54) is 4.90 Å². The van der Waals surface area contributed by atoms with Gasteiger partial charge in [-0.25, -0.2) is 0 Å². The first kappa shape index (κ1) is 18.2. The van der Waals surface area contributed by atoms with E-state index in [0.29, 0.717) is 19.3 Å². The Kier molecular flexibility index (Phi) is 6.04. The molecule has 1 aliphatic rings. The lowest BCUT2D eigenvalue weighted by Gasteiger charge is -2.43. The van der Waals surface area contributed by atoms with Crippen LogP contribution in [0.2, 0.25) is 0 Å². The van der Waals surface area contributed by atoms with Crippen LogP contribution in [0.5, 0.6) is 0 Å². The molecule has 0 amide bonds. The van der Waals surface area contributed by atoms with E-state index < -0.39 is 24.2 Å². The van der Waals surface area contributed by atoms with Crippen LogP contribution in [0.25, 0.3) is 0 Å². The maximum absolute atomic E-state index is 12.6. The average molecular weight is 310 g/mol. The molecule has 0 saturated heterocycles. The second-order valence-electron chi connectivity index (χ2n) is 6.11. The third-order valence-corrected chi connectivity index (χ3v) is 4.00. The van der Waals surface area contributed by atoms with Crippen LogP contribution in [0.1, 0.15) is 46.5 Å².